The first-order valence-electron chi connectivity index (χ1n) is 22.0. The Bertz CT molecular complexity index is 2870. The lowest BCUT2D eigenvalue weighted by molar-refractivity contribution is -0.133. The number of H-pyrrole nitrogens is 1. The quantitative estimate of drug-likeness (QED) is 0.0679. The van der Waals surface area contributed by atoms with E-state index in [0.717, 1.165) is 29.7 Å². The zero-order valence-corrected chi connectivity index (χ0v) is 37.7. The highest BCUT2D eigenvalue weighted by Crippen LogP contribution is 2.37. The van der Waals surface area contributed by atoms with Crippen LogP contribution < -0.4 is 20.1 Å². The standard InChI is InChI=1S/C50H51ClN8O7/c1-50(2,3)49(64)56-46-44-45(32-17-21-36(22-18-32)66-35-11-5-4-6-12-35)57-59(47(44)55-30-54-46)33-10-9-24-58(29-33)43(61)14-8-7-13-42(60)52-23-25-65-34-19-15-31(16-20-34)37-26-38-39(48(62)63)28-53-41(38)27-40(37)51/h4-6,11-12,15-22,26-28,30,33,53H,7-10,13-14,23-25,29H2,1-3H3,(H,52,60)(H,62,63)(H,54,55,56,64)/t33-/m1/s1. The summed E-state index contributed by atoms with van der Waals surface area (Å²) in [6.07, 6.45) is 6.17. The molecule has 0 saturated carbocycles. The predicted octanol–water partition coefficient (Wildman–Crippen LogP) is 9.69. The molecule has 0 radical (unpaired) electrons. The van der Waals surface area contributed by atoms with Crippen LogP contribution in [0.1, 0.15) is 75.7 Å². The fourth-order valence-corrected chi connectivity index (χ4v) is 8.22. The van der Waals surface area contributed by atoms with Gasteiger partial charge in [-0.3, -0.25) is 14.4 Å². The Kier molecular flexibility index (Phi) is 13.6. The monoisotopic (exact) mass is 910 g/mol. The third-order valence-corrected chi connectivity index (χ3v) is 11.8. The van der Waals surface area contributed by atoms with Crippen LogP contribution in [0.2, 0.25) is 5.02 Å². The summed E-state index contributed by atoms with van der Waals surface area (Å²) in [5.41, 5.74) is 3.62. The number of fused-ring (bicyclic) bond motifs is 2. The molecule has 7 aromatic rings. The number of hydrogen-bond acceptors (Lipinski definition) is 9. The van der Waals surface area contributed by atoms with Gasteiger partial charge in [0.2, 0.25) is 17.7 Å². The number of nitrogens with zero attached hydrogens (tertiary/aromatic N) is 5. The van der Waals surface area contributed by atoms with Crippen LogP contribution in [-0.2, 0) is 14.4 Å². The summed E-state index contributed by atoms with van der Waals surface area (Å²) in [5.74, 6) is 1.05. The fourth-order valence-electron chi connectivity index (χ4n) is 7.95. The van der Waals surface area contributed by atoms with Crippen molar-refractivity contribution in [2.45, 2.75) is 65.3 Å². The van der Waals surface area contributed by atoms with Crippen LogP contribution in [0, 0.1) is 5.41 Å². The maximum absolute atomic E-state index is 13.5. The van der Waals surface area contributed by atoms with E-state index in [9.17, 15) is 24.3 Å². The minimum absolute atomic E-state index is 0.0234. The third kappa shape index (κ3) is 10.5. The van der Waals surface area contributed by atoms with E-state index in [2.05, 4.69) is 25.6 Å². The average molecular weight is 911 g/mol. The molecule has 4 N–H and O–H groups in total. The van der Waals surface area contributed by atoms with Crippen molar-refractivity contribution in [3.05, 3.63) is 114 Å². The first kappa shape index (κ1) is 45.3. The highest BCUT2D eigenvalue weighted by molar-refractivity contribution is 6.34. The van der Waals surface area contributed by atoms with Crippen LogP contribution >= 0.6 is 11.6 Å². The molecule has 16 heteroatoms. The number of para-hydroxylation sites is 1. The number of unbranched alkanes of at least 4 members (excludes halogenated alkanes) is 1. The summed E-state index contributed by atoms with van der Waals surface area (Å²) in [6.45, 7) is 7.17. The zero-order chi connectivity index (χ0) is 46.4. The largest absolute Gasteiger partial charge is 0.492 e. The molecule has 4 aromatic carbocycles. The molecule has 1 aliphatic heterocycles. The molecule has 340 valence electrons. The number of carboxylic acid groups (broad SMARTS) is 1. The van der Waals surface area contributed by atoms with Gasteiger partial charge in [0.05, 0.1) is 28.6 Å². The Morgan fingerprint density at radius 1 is 0.894 bits per heavy atom. The Labute approximate surface area is 386 Å². The summed E-state index contributed by atoms with van der Waals surface area (Å²) in [6, 6.07) is 27.7. The zero-order valence-electron chi connectivity index (χ0n) is 37.0. The first-order valence-corrected chi connectivity index (χ1v) is 22.4. The van der Waals surface area contributed by atoms with Crippen LogP contribution in [0.4, 0.5) is 5.82 Å². The highest BCUT2D eigenvalue weighted by Gasteiger charge is 2.30. The van der Waals surface area contributed by atoms with Gasteiger partial charge >= 0.3 is 5.97 Å². The number of nitrogens with one attached hydrogen (secondary N) is 3. The van der Waals surface area contributed by atoms with Crippen LogP contribution in [0.15, 0.2) is 104 Å². The molecule has 1 saturated heterocycles. The Morgan fingerprint density at radius 2 is 1.61 bits per heavy atom. The van der Waals surface area contributed by atoms with Gasteiger partial charge in [0.1, 0.15) is 41.7 Å². The number of anilines is 1. The van der Waals surface area contributed by atoms with Gasteiger partial charge in [-0.25, -0.2) is 19.4 Å². The Morgan fingerprint density at radius 3 is 2.35 bits per heavy atom. The second kappa shape index (κ2) is 19.9. The van der Waals surface area contributed by atoms with Gasteiger partial charge in [-0.1, -0.05) is 62.7 Å². The highest BCUT2D eigenvalue weighted by atomic mass is 35.5. The van der Waals surface area contributed by atoms with E-state index in [4.69, 9.17) is 26.2 Å². The number of rotatable bonds is 16. The number of carbonyl (C=O) groups excluding carboxylic acids is 3. The van der Waals surface area contributed by atoms with Crippen LogP contribution in [0.5, 0.6) is 17.2 Å². The molecule has 1 aliphatic rings. The molecule has 4 heterocycles. The molecule has 0 spiro atoms. The van der Waals surface area contributed by atoms with E-state index < -0.39 is 11.4 Å². The molecule has 15 nitrogen and oxygen atoms in total. The lowest BCUT2D eigenvalue weighted by atomic mass is 9.95. The number of carbonyl (C=O) groups is 4. The molecule has 3 aromatic heterocycles. The van der Waals surface area contributed by atoms with Gasteiger partial charge in [0.25, 0.3) is 0 Å². The number of amides is 3. The molecular weight excluding hydrogens is 860 g/mol. The molecule has 0 unspecified atom stereocenters. The molecule has 3 amide bonds. The maximum atomic E-state index is 13.5. The smallest absolute Gasteiger partial charge is 0.337 e. The van der Waals surface area contributed by atoms with Crippen molar-refractivity contribution < 1.29 is 33.8 Å². The van der Waals surface area contributed by atoms with Crippen LogP contribution in [0.3, 0.4) is 0 Å². The summed E-state index contributed by atoms with van der Waals surface area (Å²) in [5, 5.41) is 22.2. The molecule has 1 atom stereocenters. The van der Waals surface area contributed by atoms with Gasteiger partial charge in [-0.05, 0) is 91.9 Å². The first-order chi connectivity index (χ1) is 31.8. The summed E-state index contributed by atoms with van der Waals surface area (Å²) in [4.78, 5) is 65.0. The number of hydrogen-bond donors (Lipinski definition) is 4. The number of ether oxygens (including phenoxy) is 2. The van der Waals surface area contributed by atoms with E-state index in [0.29, 0.717) is 94.4 Å². The van der Waals surface area contributed by atoms with Gasteiger partial charge in [-0.15, -0.1) is 0 Å². The summed E-state index contributed by atoms with van der Waals surface area (Å²) >= 11 is 6.52. The number of piperidine rings is 1. The van der Waals surface area contributed by atoms with Gasteiger partial charge in [-0.2, -0.15) is 5.10 Å². The lowest BCUT2D eigenvalue weighted by Crippen LogP contribution is -2.41. The van der Waals surface area contributed by atoms with Crippen molar-refractivity contribution in [1.29, 1.82) is 0 Å². The van der Waals surface area contributed by atoms with E-state index in [1.54, 1.807) is 24.3 Å². The minimum atomic E-state index is -1.02. The number of aromatic nitrogens is 5. The second-order valence-corrected chi connectivity index (χ2v) is 17.7. The van der Waals surface area contributed by atoms with Crippen molar-refractivity contribution in [3.63, 3.8) is 0 Å². The predicted molar refractivity (Wildman–Crippen MR) is 253 cm³/mol. The Hall–Kier alpha value is -7.26. The number of benzene rings is 4. The van der Waals surface area contributed by atoms with Crippen LogP contribution in [-0.4, -0.2) is 84.7 Å². The minimum Gasteiger partial charge on any atom is -0.492 e. The molecule has 0 bridgehead atoms. The van der Waals surface area contributed by atoms with E-state index in [1.807, 2.05) is 97.1 Å². The Balaban J connectivity index is 0.832. The van der Waals surface area contributed by atoms with Crippen molar-refractivity contribution >= 4 is 63.0 Å². The maximum Gasteiger partial charge on any atom is 0.337 e. The fraction of sp³-hybridized carbons (Fsp3) is 0.300. The van der Waals surface area contributed by atoms with Gasteiger partial charge in [0, 0.05) is 59.6 Å². The normalized spacial score (nSPS) is 14.0. The summed E-state index contributed by atoms with van der Waals surface area (Å²) < 4.78 is 13.7. The number of aromatic amines is 1. The van der Waals surface area contributed by atoms with Crippen molar-refractivity contribution in [2.75, 3.05) is 31.6 Å². The molecule has 8 rings (SSSR count). The van der Waals surface area contributed by atoms with Crippen molar-refractivity contribution in [2.24, 2.45) is 5.41 Å². The third-order valence-electron chi connectivity index (χ3n) is 11.5. The van der Waals surface area contributed by atoms with E-state index in [-0.39, 0.29) is 42.4 Å². The molecule has 0 aliphatic carbocycles. The SMILES string of the molecule is CC(C)(C)C(=O)Nc1ncnc2c1c(-c1ccc(Oc3ccccc3)cc1)nn2[C@@H]1CCCN(C(=O)CCCCC(=O)NCCOc2ccc(-c3cc4c(C(=O)O)c[nH]c4cc3Cl)cc2)C1. The number of halogens is 1. The molecule has 1 fully saturated rings. The van der Waals surface area contributed by atoms with Gasteiger partial charge in [0.15, 0.2) is 5.65 Å². The van der Waals surface area contributed by atoms with Crippen molar-refractivity contribution in [3.8, 4) is 39.6 Å². The molecular formula is C50H51ClN8O7. The number of carboxylic acids is 1. The average Bonchev–Trinajstić information content (AvgIpc) is 3.92. The van der Waals surface area contributed by atoms with Crippen molar-refractivity contribution in [1.82, 2.24) is 34.9 Å². The summed E-state index contributed by atoms with van der Waals surface area (Å²) in [7, 11) is 0. The lowest BCUT2D eigenvalue weighted by Gasteiger charge is -2.33. The van der Waals surface area contributed by atoms with Crippen LogP contribution in [0.25, 0.3) is 44.3 Å². The molecule has 66 heavy (non-hydrogen) atoms. The van der Waals surface area contributed by atoms with E-state index >= 15 is 0 Å². The number of likely N-dealkylation sites (tertiary alicyclic amines) is 1. The van der Waals surface area contributed by atoms with Gasteiger partial charge < -0.3 is 35.1 Å². The number of aromatic carboxylic acids is 1. The second-order valence-electron chi connectivity index (χ2n) is 17.3. The topological polar surface area (TPSA) is 194 Å². The van der Waals surface area contributed by atoms with E-state index in [1.165, 1.54) is 12.5 Å².